The maximum absolute atomic E-state index is 13.0. The first-order valence-corrected chi connectivity index (χ1v) is 13.8. The third-order valence-corrected chi connectivity index (χ3v) is 8.10. The summed E-state index contributed by atoms with van der Waals surface area (Å²) < 4.78 is 0. The molecule has 3 unspecified atom stereocenters. The molecule has 7 heteroatoms. The summed E-state index contributed by atoms with van der Waals surface area (Å²) in [5.74, 6) is 2.18. The predicted octanol–water partition coefficient (Wildman–Crippen LogP) is 4.61. The molecule has 0 bridgehead atoms. The molecule has 2 amide bonds. The number of carbonyl (C=O) groups is 3. The van der Waals surface area contributed by atoms with Gasteiger partial charge in [0.05, 0.1) is 6.04 Å². The Morgan fingerprint density at radius 3 is 2.53 bits per heavy atom. The van der Waals surface area contributed by atoms with Crippen molar-refractivity contribution in [1.82, 2.24) is 15.1 Å². The second-order valence-corrected chi connectivity index (χ2v) is 10.7. The summed E-state index contributed by atoms with van der Waals surface area (Å²) in [7, 11) is 1.58. The van der Waals surface area contributed by atoms with E-state index >= 15 is 0 Å². The highest BCUT2D eigenvalue weighted by atomic mass is 32.2. The van der Waals surface area contributed by atoms with E-state index in [4.69, 9.17) is 0 Å². The van der Waals surface area contributed by atoms with Crippen molar-refractivity contribution >= 4 is 29.9 Å². The van der Waals surface area contributed by atoms with Crippen LogP contribution < -0.4 is 5.32 Å². The van der Waals surface area contributed by atoms with E-state index in [-0.39, 0.29) is 18.2 Å². The van der Waals surface area contributed by atoms with Crippen LogP contribution >= 0.6 is 11.8 Å². The highest BCUT2D eigenvalue weighted by Gasteiger charge is 2.34. The van der Waals surface area contributed by atoms with Crippen molar-refractivity contribution in [2.45, 2.75) is 77.3 Å². The number of amides is 2. The molecule has 6 nitrogen and oxygen atoms in total. The minimum absolute atomic E-state index is 0.109. The standard InChI is InChI=1S/C27H43N3O3S/c1-6-29(7-2)15-13-20(3)17-21(4)14-16-34-25-10-8-9-23-24(25)18-30(27(23)33)22(19-31)11-12-26(32)28-5/h8-10,19-22H,6-7,11-18H2,1-5H3,(H,28,32). The zero-order valence-electron chi connectivity index (χ0n) is 21.6. The van der Waals surface area contributed by atoms with Crippen LogP contribution in [-0.4, -0.2) is 66.4 Å². The van der Waals surface area contributed by atoms with Gasteiger partial charge in [0.25, 0.3) is 5.91 Å². The van der Waals surface area contributed by atoms with Gasteiger partial charge in [-0.25, -0.2) is 0 Å². The van der Waals surface area contributed by atoms with Crippen LogP contribution in [0.15, 0.2) is 23.1 Å². The van der Waals surface area contributed by atoms with Gasteiger partial charge in [0, 0.05) is 30.5 Å². The van der Waals surface area contributed by atoms with Gasteiger partial charge in [-0.05, 0) is 80.6 Å². The number of benzene rings is 1. The van der Waals surface area contributed by atoms with Crippen molar-refractivity contribution in [3.05, 3.63) is 29.3 Å². The third kappa shape index (κ3) is 8.12. The Kier molecular flexibility index (Phi) is 12.1. The quantitative estimate of drug-likeness (QED) is 0.271. The molecule has 1 N–H and O–H groups in total. The van der Waals surface area contributed by atoms with Gasteiger partial charge in [0.15, 0.2) is 0 Å². The van der Waals surface area contributed by atoms with E-state index in [0.29, 0.717) is 24.4 Å². The van der Waals surface area contributed by atoms with Gasteiger partial charge < -0.3 is 19.9 Å². The van der Waals surface area contributed by atoms with E-state index in [1.165, 1.54) is 19.4 Å². The molecule has 0 spiro atoms. The molecule has 2 rings (SSSR count). The SMILES string of the molecule is CCN(CC)CCC(C)CC(C)CCSc1cccc2c1CN(C(C=O)CCC(=O)NC)C2=O. The normalized spacial score (nSPS) is 15.8. The number of fused-ring (bicyclic) bond motifs is 1. The zero-order chi connectivity index (χ0) is 25.1. The largest absolute Gasteiger partial charge is 0.359 e. The molecule has 0 aromatic heterocycles. The average molecular weight is 490 g/mol. The Morgan fingerprint density at radius 2 is 1.88 bits per heavy atom. The second-order valence-electron chi connectivity index (χ2n) is 9.53. The fraction of sp³-hybridized carbons (Fsp3) is 0.667. The van der Waals surface area contributed by atoms with E-state index in [9.17, 15) is 14.4 Å². The molecule has 1 aliphatic heterocycles. The summed E-state index contributed by atoms with van der Waals surface area (Å²) in [6.45, 7) is 13.0. The van der Waals surface area contributed by atoms with Crippen LogP contribution in [0.3, 0.4) is 0 Å². The number of hydrogen-bond acceptors (Lipinski definition) is 5. The first kappa shape index (κ1) is 28.4. The number of hydrogen-bond donors (Lipinski definition) is 1. The average Bonchev–Trinajstić information content (AvgIpc) is 3.17. The van der Waals surface area contributed by atoms with Crippen LogP contribution in [0.2, 0.25) is 0 Å². The van der Waals surface area contributed by atoms with Crippen molar-refractivity contribution in [2.75, 3.05) is 32.4 Å². The monoisotopic (exact) mass is 489 g/mol. The van der Waals surface area contributed by atoms with E-state index < -0.39 is 6.04 Å². The lowest BCUT2D eigenvalue weighted by atomic mass is 9.93. The fourth-order valence-electron chi connectivity index (χ4n) is 4.67. The highest BCUT2D eigenvalue weighted by Crippen LogP contribution is 2.34. The molecule has 0 radical (unpaired) electrons. The van der Waals surface area contributed by atoms with Crippen molar-refractivity contribution in [3.63, 3.8) is 0 Å². The maximum atomic E-state index is 13.0. The van der Waals surface area contributed by atoms with Gasteiger partial charge in [-0.2, -0.15) is 0 Å². The summed E-state index contributed by atoms with van der Waals surface area (Å²) in [6.07, 6.45) is 5.00. The predicted molar refractivity (Wildman–Crippen MR) is 140 cm³/mol. The molecule has 34 heavy (non-hydrogen) atoms. The molecule has 0 saturated heterocycles. The summed E-state index contributed by atoms with van der Waals surface area (Å²) >= 11 is 1.81. The fourth-order valence-corrected chi connectivity index (χ4v) is 5.93. The topological polar surface area (TPSA) is 69.7 Å². The number of rotatable bonds is 16. The number of aldehydes is 1. The molecule has 0 saturated carbocycles. The van der Waals surface area contributed by atoms with Crippen molar-refractivity contribution in [3.8, 4) is 0 Å². The van der Waals surface area contributed by atoms with Gasteiger partial charge in [0.2, 0.25) is 5.91 Å². The number of nitrogens with zero attached hydrogens (tertiary/aromatic N) is 2. The molecule has 1 aromatic rings. The summed E-state index contributed by atoms with van der Waals surface area (Å²) in [4.78, 5) is 41.5. The van der Waals surface area contributed by atoms with Gasteiger partial charge in [0.1, 0.15) is 6.29 Å². The lowest BCUT2D eigenvalue weighted by Crippen LogP contribution is -2.37. The number of carbonyl (C=O) groups excluding carboxylic acids is 3. The molecular formula is C27H43N3O3S. The highest BCUT2D eigenvalue weighted by molar-refractivity contribution is 7.99. The van der Waals surface area contributed by atoms with Crippen LogP contribution in [0.25, 0.3) is 0 Å². The van der Waals surface area contributed by atoms with Gasteiger partial charge in [-0.15, -0.1) is 11.8 Å². The molecule has 0 aliphatic carbocycles. The van der Waals surface area contributed by atoms with E-state index in [1.54, 1.807) is 11.9 Å². The van der Waals surface area contributed by atoms with Crippen LogP contribution in [-0.2, 0) is 16.1 Å². The molecule has 1 heterocycles. The van der Waals surface area contributed by atoms with Crippen molar-refractivity contribution < 1.29 is 14.4 Å². The Bertz CT molecular complexity index is 812. The van der Waals surface area contributed by atoms with Gasteiger partial charge >= 0.3 is 0 Å². The Balaban J connectivity index is 1.88. The Labute approximate surface area is 210 Å². The molecule has 0 fully saturated rings. The first-order chi connectivity index (χ1) is 16.3. The maximum Gasteiger partial charge on any atom is 0.255 e. The minimum atomic E-state index is -0.576. The smallest absolute Gasteiger partial charge is 0.255 e. The van der Waals surface area contributed by atoms with Crippen molar-refractivity contribution in [2.24, 2.45) is 11.8 Å². The lowest BCUT2D eigenvalue weighted by Gasteiger charge is -2.23. The van der Waals surface area contributed by atoms with Gasteiger partial charge in [-0.1, -0.05) is 33.8 Å². The molecule has 190 valence electrons. The Morgan fingerprint density at radius 1 is 1.18 bits per heavy atom. The summed E-state index contributed by atoms with van der Waals surface area (Å²) in [5, 5.41) is 2.57. The molecule has 1 aromatic carbocycles. The molecular weight excluding hydrogens is 446 g/mol. The number of thioether (sulfide) groups is 1. The van der Waals surface area contributed by atoms with E-state index in [1.807, 2.05) is 23.9 Å². The van der Waals surface area contributed by atoms with Crippen LogP contribution in [0.1, 0.15) is 75.7 Å². The molecule has 3 atom stereocenters. The molecule has 1 aliphatic rings. The third-order valence-electron chi connectivity index (χ3n) is 6.96. The van der Waals surface area contributed by atoms with E-state index in [0.717, 1.165) is 47.9 Å². The lowest BCUT2D eigenvalue weighted by molar-refractivity contribution is -0.121. The van der Waals surface area contributed by atoms with Crippen LogP contribution in [0, 0.1) is 11.8 Å². The van der Waals surface area contributed by atoms with Crippen molar-refractivity contribution in [1.29, 1.82) is 0 Å². The zero-order valence-corrected chi connectivity index (χ0v) is 22.5. The van der Waals surface area contributed by atoms with Crippen LogP contribution in [0.5, 0.6) is 0 Å². The number of nitrogens with one attached hydrogen (secondary N) is 1. The summed E-state index contributed by atoms with van der Waals surface area (Å²) in [6, 6.07) is 5.29. The first-order valence-electron chi connectivity index (χ1n) is 12.8. The Hall–Kier alpha value is -1.86. The second kappa shape index (κ2) is 14.5. The minimum Gasteiger partial charge on any atom is -0.359 e. The van der Waals surface area contributed by atoms with E-state index in [2.05, 4.69) is 44.0 Å². The summed E-state index contributed by atoms with van der Waals surface area (Å²) in [5.41, 5.74) is 1.71. The van der Waals surface area contributed by atoms with Crippen LogP contribution in [0.4, 0.5) is 0 Å². The van der Waals surface area contributed by atoms with Gasteiger partial charge in [-0.3, -0.25) is 9.59 Å².